The number of Topliss-reactive ketones (excluding diaryl/α,β-unsaturated/α-hetero) is 1. The van der Waals surface area contributed by atoms with E-state index in [4.69, 9.17) is 18.9 Å². The number of ketones is 1. The first-order chi connectivity index (χ1) is 14.9. The van der Waals surface area contributed by atoms with Crippen LogP contribution in [0.4, 0.5) is 0 Å². The molecule has 0 saturated carbocycles. The maximum absolute atomic E-state index is 13.7. The number of carbonyl (C=O) groups excluding carboxylic acids is 1. The summed E-state index contributed by atoms with van der Waals surface area (Å²) in [7, 11) is 3.07. The predicted octanol–water partition coefficient (Wildman–Crippen LogP) is 2.33. The van der Waals surface area contributed by atoms with Gasteiger partial charge in [-0.05, 0) is 48.2 Å². The van der Waals surface area contributed by atoms with E-state index in [-0.39, 0.29) is 12.7 Å². The first kappa shape index (κ1) is 19.9. The number of methoxy groups -OCH3 is 2. The quantitative estimate of drug-likeness (QED) is 0.728. The van der Waals surface area contributed by atoms with E-state index in [1.54, 1.807) is 25.3 Å². The molecule has 0 unspecified atom stereocenters. The fourth-order valence-corrected chi connectivity index (χ4v) is 4.85. The van der Waals surface area contributed by atoms with E-state index in [1.165, 1.54) is 7.11 Å². The van der Waals surface area contributed by atoms with Gasteiger partial charge in [-0.15, -0.1) is 0 Å². The van der Waals surface area contributed by atoms with Crippen LogP contribution in [0.2, 0.25) is 0 Å². The molecule has 3 aliphatic rings. The second kappa shape index (κ2) is 7.00. The van der Waals surface area contributed by atoms with Crippen LogP contribution >= 0.6 is 0 Å². The molecule has 0 aromatic heterocycles. The molecule has 7 heteroatoms. The minimum Gasteiger partial charge on any atom is -0.493 e. The summed E-state index contributed by atoms with van der Waals surface area (Å²) >= 11 is 0. The van der Waals surface area contributed by atoms with Gasteiger partial charge in [-0.1, -0.05) is 6.58 Å². The Hall–Kier alpha value is -3.03. The van der Waals surface area contributed by atoms with Gasteiger partial charge in [0.1, 0.15) is 23.7 Å². The van der Waals surface area contributed by atoms with Gasteiger partial charge in [-0.3, -0.25) is 4.79 Å². The molecule has 3 atom stereocenters. The van der Waals surface area contributed by atoms with Crippen molar-refractivity contribution in [2.24, 2.45) is 0 Å². The average molecular weight is 424 g/mol. The van der Waals surface area contributed by atoms with Gasteiger partial charge < -0.3 is 29.2 Å². The van der Waals surface area contributed by atoms with E-state index < -0.39 is 17.5 Å². The van der Waals surface area contributed by atoms with Gasteiger partial charge in [0.2, 0.25) is 5.78 Å². The van der Waals surface area contributed by atoms with Crippen LogP contribution in [0.25, 0.3) is 0 Å². The molecule has 5 rings (SSSR count). The van der Waals surface area contributed by atoms with Crippen LogP contribution in [0.3, 0.4) is 0 Å². The number of hydrogen-bond acceptors (Lipinski definition) is 7. The molecule has 31 heavy (non-hydrogen) atoms. The second-order valence-electron chi connectivity index (χ2n) is 8.15. The summed E-state index contributed by atoms with van der Waals surface area (Å²) in [6, 6.07) is 6.82. The Balaban J connectivity index is 1.61. The third-order valence-electron chi connectivity index (χ3n) is 6.55. The molecule has 162 valence electrons. The van der Waals surface area contributed by atoms with Gasteiger partial charge in [0.15, 0.2) is 17.1 Å². The van der Waals surface area contributed by atoms with E-state index in [9.17, 15) is 15.0 Å². The number of benzene rings is 2. The number of carbonyl (C=O) groups is 1. The van der Waals surface area contributed by atoms with Crippen LogP contribution < -0.4 is 18.9 Å². The summed E-state index contributed by atoms with van der Waals surface area (Å²) in [6.45, 7) is 3.68. The standard InChI is InChI=1S/C24H24O7/c1-12(11-25)18-9-15-17(30-18)6-5-14-22(15)31-21-7-4-13-8-19(28-2)20(29-3)10-16(13)24(21,27)23(14)26/h5-6,8,10,18,21,25,27H,1,4,7,9,11H2,2-3H3/t18-,21+,24-/m1/s1. The van der Waals surface area contributed by atoms with Gasteiger partial charge in [-0.2, -0.15) is 0 Å². The van der Waals surface area contributed by atoms with Crippen molar-refractivity contribution >= 4 is 5.78 Å². The average Bonchev–Trinajstić information content (AvgIpc) is 3.23. The number of rotatable bonds is 4. The van der Waals surface area contributed by atoms with Crippen LogP contribution in [-0.2, 0) is 18.4 Å². The van der Waals surface area contributed by atoms with Gasteiger partial charge in [0.25, 0.3) is 0 Å². The number of aliphatic hydroxyl groups excluding tert-OH is 1. The van der Waals surface area contributed by atoms with Crippen molar-refractivity contribution < 1.29 is 34.0 Å². The Morgan fingerprint density at radius 1 is 1.23 bits per heavy atom. The minimum absolute atomic E-state index is 0.176. The van der Waals surface area contributed by atoms with E-state index in [2.05, 4.69) is 6.58 Å². The lowest BCUT2D eigenvalue weighted by molar-refractivity contribution is -0.0604. The molecule has 0 spiro atoms. The van der Waals surface area contributed by atoms with Crippen LogP contribution in [0.1, 0.15) is 33.5 Å². The highest BCUT2D eigenvalue weighted by Crippen LogP contribution is 2.51. The molecule has 0 radical (unpaired) electrons. The molecule has 2 aliphatic heterocycles. The summed E-state index contributed by atoms with van der Waals surface area (Å²) in [5.41, 5.74) is 1.16. The summed E-state index contributed by atoms with van der Waals surface area (Å²) < 4.78 is 23.0. The monoisotopic (exact) mass is 424 g/mol. The Kier molecular flexibility index (Phi) is 4.50. The van der Waals surface area contributed by atoms with E-state index >= 15 is 0 Å². The van der Waals surface area contributed by atoms with Gasteiger partial charge in [-0.25, -0.2) is 0 Å². The maximum atomic E-state index is 13.7. The fraction of sp³-hybridized carbons (Fsp3) is 0.375. The number of fused-ring (bicyclic) bond motifs is 6. The van der Waals surface area contributed by atoms with Crippen LogP contribution in [0.15, 0.2) is 36.4 Å². The van der Waals surface area contributed by atoms with Crippen molar-refractivity contribution in [2.45, 2.75) is 37.1 Å². The lowest BCUT2D eigenvalue weighted by Crippen LogP contribution is -2.55. The van der Waals surface area contributed by atoms with Gasteiger partial charge in [0, 0.05) is 17.5 Å². The fourth-order valence-electron chi connectivity index (χ4n) is 4.85. The van der Waals surface area contributed by atoms with Crippen LogP contribution in [-0.4, -0.2) is 49.0 Å². The summed E-state index contributed by atoms with van der Waals surface area (Å²) in [4.78, 5) is 13.7. The lowest BCUT2D eigenvalue weighted by Gasteiger charge is -2.44. The number of hydrogen-bond donors (Lipinski definition) is 2. The summed E-state index contributed by atoms with van der Waals surface area (Å²) in [5.74, 6) is 1.66. The number of aliphatic hydroxyl groups is 2. The number of ether oxygens (including phenoxy) is 4. The van der Waals surface area contributed by atoms with Crippen molar-refractivity contribution in [3.63, 3.8) is 0 Å². The lowest BCUT2D eigenvalue weighted by atomic mass is 9.71. The number of aryl methyl sites for hydroxylation is 1. The van der Waals surface area contributed by atoms with E-state index in [0.717, 1.165) is 11.1 Å². The zero-order chi connectivity index (χ0) is 21.9. The normalized spacial score (nSPS) is 25.4. The summed E-state index contributed by atoms with van der Waals surface area (Å²) in [6.07, 6.45) is 0.458. The Bertz CT molecular complexity index is 1110. The first-order valence-electron chi connectivity index (χ1n) is 10.2. The van der Waals surface area contributed by atoms with Crippen molar-refractivity contribution in [1.82, 2.24) is 0 Å². The van der Waals surface area contributed by atoms with Gasteiger partial charge >= 0.3 is 0 Å². The highest BCUT2D eigenvalue weighted by molar-refractivity contribution is 6.07. The molecular weight excluding hydrogens is 400 g/mol. The molecule has 0 bridgehead atoms. The second-order valence-corrected chi connectivity index (χ2v) is 8.15. The molecule has 0 saturated heterocycles. The third kappa shape index (κ3) is 2.70. The topological polar surface area (TPSA) is 94.5 Å². The molecule has 0 fully saturated rings. The van der Waals surface area contributed by atoms with E-state index in [0.29, 0.717) is 59.0 Å². The predicted molar refractivity (Wildman–Crippen MR) is 111 cm³/mol. The van der Waals surface area contributed by atoms with Crippen LogP contribution in [0.5, 0.6) is 23.0 Å². The molecule has 2 heterocycles. The largest absolute Gasteiger partial charge is 0.493 e. The SMILES string of the molecule is C=C(CO)[C@H]1Cc2c(ccc3c2O[C@H]2CCc4cc(OC)c(OC)cc4[C@]2(O)C3=O)O1. The molecule has 0 amide bonds. The first-order valence-corrected chi connectivity index (χ1v) is 10.2. The Labute approximate surface area is 179 Å². The summed E-state index contributed by atoms with van der Waals surface area (Å²) in [5, 5.41) is 21.1. The smallest absolute Gasteiger partial charge is 0.206 e. The van der Waals surface area contributed by atoms with Crippen LogP contribution in [0, 0.1) is 0 Å². The minimum atomic E-state index is -1.82. The van der Waals surface area contributed by atoms with Gasteiger partial charge in [0.05, 0.1) is 26.4 Å². The zero-order valence-corrected chi connectivity index (χ0v) is 17.4. The van der Waals surface area contributed by atoms with E-state index in [1.807, 2.05) is 6.07 Å². The van der Waals surface area contributed by atoms with Crippen molar-refractivity contribution in [3.8, 4) is 23.0 Å². The Morgan fingerprint density at radius 2 is 1.97 bits per heavy atom. The highest BCUT2D eigenvalue weighted by atomic mass is 16.5. The maximum Gasteiger partial charge on any atom is 0.206 e. The molecule has 2 aromatic carbocycles. The molecule has 2 aromatic rings. The van der Waals surface area contributed by atoms with Crippen molar-refractivity contribution in [2.75, 3.05) is 20.8 Å². The third-order valence-corrected chi connectivity index (χ3v) is 6.55. The van der Waals surface area contributed by atoms with Crippen molar-refractivity contribution in [3.05, 3.63) is 58.7 Å². The zero-order valence-electron chi connectivity index (χ0n) is 17.4. The molecule has 7 nitrogen and oxygen atoms in total. The molecular formula is C24H24O7. The molecule has 2 N–H and O–H groups in total. The highest BCUT2D eigenvalue weighted by Gasteiger charge is 2.55. The Morgan fingerprint density at radius 3 is 2.68 bits per heavy atom. The molecule has 1 aliphatic carbocycles. The van der Waals surface area contributed by atoms with Crippen molar-refractivity contribution in [1.29, 1.82) is 0 Å².